The van der Waals surface area contributed by atoms with Gasteiger partial charge in [0.1, 0.15) is 12.2 Å². The topological polar surface area (TPSA) is 82.1 Å². The van der Waals surface area contributed by atoms with E-state index in [1.807, 2.05) is 13.8 Å². The van der Waals surface area contributed by atoms with E-state index in [9.17, 15) is 14.7 Å². The molecule has 7 fully saturated rings. The third-order valence-electron chi connectivity index (χ3n) is 13.3. The van der Waals surface area contributed by atoms with E-state index < -0.39 is 5.60 Å². The summed E-state index contributed by atoms with van der Waals surface area (Å²) < 4.78 is 19.6. The summed E-state index contributed by atoms with van der Waals surface area (Å²) in [6, 6.07) is 0. The quantitative estimate of drug-likeness (QED) is 0.403. The minimum atomic E-state index is -0.848. The lowest BCUT2D eigenvalue weighted by molar-refractivity contribution is -0.207. The lowest BCUT2D eigenvalue weighted by Crippen LogP contribution is -2.58. The number of ether oxygens (including phenoxy) is 3. The first-order valence-corrected chi connectivity index (χ1v) is 14.4. The second-order valence-corrected chi connectivity index (χ2v) is 14.6. The van der Waals surface area contributed by atoms with Crippen LogP contribution in [0.5, 0.6) is 0 Å². The average Bonchev–Trinajstić information content (AvgIpc) is 3.51. The van der Waals surface area contributed by atoms with Gasteiger partial charge in [0.15, 0.2) is 0 Å². The Labute approximate surface area is 213 Å². The number of fused-ring (bicyclic) bond motifs is 7. The van der Waals surface area contributed by atoms with Crippen LogP contribution in [0.25, 0.3) is 0 Å². The molecule has 0 radical (unpaired) electrons. The van der Waals surface area contributed by atoms with Crippen LogP contribution >= 0.6 is 0 Å². The van der Waals surface area contributed by atoms with Crippen molar-refractivity contribution in [1.29, 1.82) is 0 Å². The van der Waals surface area contributed by atoms with E-state index in [0.29, 0.717) is 18.3 Å². The van der Waals surface area contributed by atoms with Crippen LogP contribution in [-0.2, 0) is 23.8 Å². The molecule has 4 saturated carbocycles. The molecule has 196 valence electrons. The standard InChI is InChI=1S/C30H40O6/c1-12-15-7-9-27(4,33)21-18(22(15)34-25(12)31)14(3)20-19(21)17-11-29(6)30(20)23(17)28(5,36-29)10-8-16-13(2)26(32)35-24(16)30/h12-13,15-17,19-24,33H,7-11H2,1-6H3/t12-,13-,15-,16-,17+,19-,20-,21?,22-,23?,24-,27-,28-,29+,30?/m0/s1. The van der Waals surface area contributed by atoms with Gasteiger partial charge in [-0.2, -0.15) is 0 Å². The van der Waals surface area contributed by atoms with Gasteiger partial charge >= 0.3 is 11.9 Å². The lowest BCUT2D eigenvalue weighted by atomic mass is 9.55. The fourth-order valence-corrected chi connectivity index (χ4v) is 12.4. The predicted molar refractivity (Wildman–Crippen MR) is 129 cm³/mol. The molecule has 3 aliphatic heterocycles. The first-order valence-electron chi connectivity index (χ1n) is 14.4. The van der Waals surface area contributed by atoms with Gasteiger partial charge < -0.3 is 19.3 Å². The number of esters is 2. The molecule has 8 aliphatic rings. The summed E-state index contributed by atoms with van der Waals surface area (Å²) in [5.41, 5.74) is 0.769. The Hall–Kier alpha value is -1.40. The molecule has 6 nitrogen and oxygen atoms in total. The summed E-state index contributed by atoms with van der Waals surface area (Å²) in [5, 5.41) is 12.1. The Balaban J connectivity index is 1.37. The SMILES string of the molecule is CC1=C2C([C@H]3[C@H]4C[C@@]5(C)O[C@@]6(C)CC[C@H]7[C@H](C)C(=O)O[C@@H]7C5(C46)[C@@H]13)[C@@](C)(O)CC[C@H]1[C@H](C)C(=O)O[C@H]21. The van der Waals surface area contributed by atoms with Crippen molar-refractivity contribution in [3.05, 3.63) is 11.1 Å². The minimum absolute atomic E-state index is 0.0238. The van der Waals surface area contributed by atoms with E-state index >= 15 is 0 Å². The molecule has 0 aromatic rings. The minimum Gasteiger partial charge on any atom is -0.461 e. The molecule has 3 saturated heterocycles. The predicted octanol–water partition coefficient (Wildman–Crippen LogP) is 4.04. The fraction of sp³-hybridized carbons (Fsp3) is 0.867. The first-order chi connectivity index (χ1) is 16.9. The second kappa shape index (κ2) is 6.25. The molecular weight excluding hydrogens is 456 g/mol. The summed E-state index contributed by atoms with van der Waals surface area (Å²) in [4.78, 5) is 25.8. The smallest absolute Gasteiger partial charge is 0.309 e. The molecule has 15 atom stereocenters. The van der Waals surface area contributed by atoms with Crippen molar-refractivity contribution in [3.8, 4) is 0 Å². The van der Waals surface area contributed by atoms with Crippen molar-refractivity contribution in [2.45, 2.75) is 103 Å². The highest BCUT2D eigenvalue weighted by molar-refractivity contribution is 5.76. The summed E-state index contributed by atoms with van der Waals surface area (Å²) in [7, 11) is 0. The van der Waals surface area contributed by atoms with Crippen molar-refractivity contribution < 1.29 is 28.9 Å². The maximum atomic E-state index is 13.0. The van der Waals surface area contributed by atoms with Gasteiger partial charge in [-0.05, 0) is 83.1 Å². The molecule has 5 aliphatic carbocycles. The van der Waals surface area contributed by atoms with Crippen molar-refractivity contribution in [3.63, 3.8) is 0 Å². The third-order valence-corrected chi connectivity index (χ3v) is 13.3. The number of hydrogen-bond donors (Lipinski definition) is 1. The van der Waals surface area contributed by atoms with Gasteiger partial charge in [0.05, 0.1) is 28.6 Å². The van der Waals surface area contributed by atoms with Gasteiger partial charge in [-0.25, -0.2) is 0 Å². The van der Waals surface area contributed by atoms with Crippen molar-refractivity contribution in [1.82, 2.24) is 0 Å². The summed E-state index contributed by atoms with van der Waals surface area (Å²) in [5.74, 6) is 1.10. The van der Waals surface area contributed by atoms with Crippen molar-refractivity contribution in [2.75, 3.05) is 0 Å². The second-order valence-electron chi connectivity index (χ2n) is 14.6. The molecule has 36 heavy (non-hydrogen) atoms. The molecule has 5 bridgehead atoms. The van der Waals surface area contributed by atoms with Gasteiger partial charge in [-0.15, -0.1) is 0 Å². The van der Waals surface area contributed by atoms with Crippen LogP contribution in [0.3, 0.4) is 0 Å². The Kier molecular flexibility index (Phi) is 3.92. The Bertz CT molecular complexity index is 1140. The highest BCUT2D eigenvalue weighted by atomic mass is 16.6. The number of aliphatic hydroxyl groups is 1. The fourth-order valence-electron chi connectivity index (χ4n) is 12.4. The molecule has 6 heteroatoms. The van der Waals surface area contributed by atoms with Gasteiger partial charge in [-0.1, -0.05) is 19.4 Å². The molecule has 3 heterocycles. The Morgan fingerprint density at radius 3 is 2.31 bits per heavy atom. The maximum Gasteiger partial charge on any atom is 0.309 e. The van der Waals surface area contributed by atoms with E-state index in [1.165, 1.54) is 11.1 Å². The summed E-state index contributed by atoms with van der Waals surface area (Å²) in [6.07, 6.45) is 3.99. The van der Waals surface area contributed by atoms with Gasteiger partial charge in [0.2, 0.25) is 0 Å². The molecule has 1 N–H and O–H groups in total. The lowest BCUT2D eigenvalue weighted by Gasteiger charge is -2.53. The average molecular weight is 497 g/mol. The van der Waals surface area contributed by atoms with Crippen LogP contribution in [-0.4, -0.2) is 46.1 Å². The number of allylic oxidation sites excluding steroid dienone is 1. The highest BCUT2D eigenvalue weighted by Crippen LogP contribution is 2.85. The number of carbonyl (C=O) groups is 2. The molecule has 0 amide bonds. The van der Waals surface area contributed by atoms with E-state index in [0.717, 1.165) is 25.7 Å². The van der Waals surface area contributed by atoms with Crippen LogP contribution in [0, 0.1) is 58.7 Å². The molecule has 3 unspecified atom stereocenters. The van der Waals surface area contributed by atoms with Gasteiger partial charge in [0, 0.05) is 29.1 Å². The van der Waals surface area contributed by atoms with Crippen LogP contribution < -0.4 is 0 Å². The summed E-state index contributed by atoms with van der Waals surface area (Å²) >= 11 is 0. The Morgan fingerprint density at radius 1 is 0.889 bits per heavy atom. The third kappa shape index (κ3) is 2.10. The maximum absolute atomic E-state index is 13.0. The van der Waals surface area contributed by atoms with E-state index in [1.54, 1.807) is 0 Å². The molecule has 0 aromatic carbocycles. The van der Waals surface area contributed by atoms with Crippen LogP contribution in [0.2, 0.25) is 0 Å². The number of carbonyl (C=O) groups excluding carboxylic acids is 2. The zero-order valence-corrected chi connectivity index (χ0v) is 22.4. The Morgan fingerprint density at radius 2 is 1.56 bits per heavy atom. The monoisotopic (exact) mass is 496 g/mol. The van der Waals surface area contributed by atoms with E-state index in [4.69, 9.17) is 14.2 Å². The van der Waals surface area contributed by atoms with Crippen LogP contribution in [0.15, 0.2) is 11.1 Å². The highest BCUT2D eigenvalue weighted by Gasteiger charge is 2.89. The van der Waals surface area contributed by atoms with Gasteiger partial charge in [-0.3, -0.25) is 9.59 Å². The molecule has 0 aromatic heterocycles. The van der Waals surface area contributed by atoms with E-state index in [-0.39, 0.29) is 82.2 Å². The molecular formula is C30H40O6. The normalized spacial score (nSPS) is 63.9. The van der Waals surface area contributed by atoms with Crippen LogP contribution in [0.4, 0.5) is 0 Å². The van der Waals surface area contributed by atoms with Crippen molar-refractivity contribution >= 4 is 11.9 Å². The van der Waals surface area contributed by atoms with Crippen molar-refractivity contribution in [2.24, 2.45) is 58.7 Å². The van der Waals surface area contributed by atoms with E-state index in [2.05, 4.69) is 27.7 Å². The zero-order chi connectivity index (χ0) is 25.3. The largest absolute Gasteiger partial charge is 0.461 e. The number of hydrogen-bond acceptors (Lipinski definition) is 6. The van der Waals surface area contributed by atoms with Gasteiger partial charge in [0.25, 0.3) is 0 Å². The molecule has 0 spiro atoms. The first kappa shape index (κ1) is 22.6. The van der Waals surface area contributed by atoms with Crippen LogP contribution in [0.1, 0.15) is 73.6 Å². The summed E-state index contributed by atoms with van der Waals surface area (Å²) in [6.45, 7) is 12.9. The number of rotatable bonds is 0. The zero-order valence-electron chi connectivity index (χ0n) is 22.4. The molecule has 8 rings (SSSR count).